The van der Waals surface area contributed by atoms with Crippen LogP contribution in [0, 0.1) is 5.92 Å². The van der Waals surface area contributed by atoms with Gasteiger partial charge in [-0.25, -0.2) is 0 Å². The van der Waals surface area contributed by atoms with E-state index in [0.717, 1.165) is 62.8 Å². The maximum atomic E-state index is 12.5. The highest BCUT2D eigenvalue weighted by molar-refractivity contribution is 6.30. The van der Waals surface area contributed by atoms with E-state index in [0.29, 0.717) is 12.5 Å². The number of nitrogens with zero attached hydrogens (tertiary/aromatic N) is 2. The van der Waals surface area contributed by atoms with Crippen molar-refractivity contribution in [2.75, 3.05) is 32.8 Å². The molecule has 0 bridgehead atoms. The van der Waals surface area contributed by atoms with Crippen LogP contribution in [-0.2, 0) is 17.8 Å². The van der Waals surface area contributed by atoms with Crippen molar-refractivity contribution in [3.8, 4) is 5.75 Å². The molecule has 33 heavy (non-hydrogen) atoms. The maximum absolute atomic E-state index is 12.5. The molecule has 1 fully saturated rings. The lowest BCUT2D eigenvalue weighted by molar-refractivity contribution is -0.135. The maximum Gasteiger partial charge on any atom is 0.225 e. The molecule has 4 rings (SSSR count). The number of carbonyl (C=O) groups excluding carboxylic acids is 1. The fourth-order valence-corrected chi connectivity index (χ4v) is 5.21. The number of hydrogen-bond donors (Lipinski definition) is 0. The number of rotatable bonds is 7. The van der Waals surface area contributed by atoms with E-state index in [-0.39, 0.29) is 11.8 Å². The molecule has 2 heterocycles. The van der Waals surface area contributed by atoms with Gasteiger partial charge in [-0.2, -0.15) is 0 Å². The smallest absolute Gasteiger partial charge is 0.225 e. The van der Waals surface area contributed by atoms with Gasteiger partial charge in [-0.15, -0.1) is 0 Å². The summed E-state index contributed by atoms with van der Waals surface area (Å²) in [6.45, 7) is 9.60. The summed E-state index contributed by atoms with van der Waals surface area (Å²) >= 11 is 6.03. The first-order valence-electron chi connectivity index (χ1n) is 12.5. The van der Waals surface area contributed by atoms with E-state index in [4.69, 9.17) is 16.3 Å². The lowest BCUT2D eigenvalue weighted by atomic mass is 9.89. The van der Waals surface area contributed by atoms with Crippen LogP contribution in [0.4, 0.5) is 0 Å². The zero-order valence-electron chi connectivity index (χ0n) is 20.1. The first kappa shape index (κ1) is 24.1. The molecule has 0 aromatic heterocycles. The zero-order valence-corrected chi connectivity index (χ0v) is 20.8. The molecule has 0 N–H and O–H groups in total. The number of aryl methyl sites for hydroxylation is 1. The van der Waals surface area contributed by atoms with E-state index in [1.165, 1.54) is 29.5 Å². The van der Waals surface area contributed by atoms with Crippen molar-refractivity contribution >= 4 is 17.5 Å². The van der Waals surface area contributed by atoms with Gasteiger partial charge in [0.2, 0.25) is 5.91 Å². The predicted molar refractivity (Wildman–Crippen MR) is 135 cm³/mol. The molecule has 5 heteroatoms. The molecular weight excluding hydrogens is 432 g/mol. The molecule has 4 nitrogen and oxygen atoms in total. The Morgan fingerprint density at radius 3 is 2.55 bits per heavy atom. The number of likely N-dealkylation sites (tertiary alicyclic amines) is 1. The Balaban J connectivity index is 1.21. The molecule has 2 aliphatic rings. The molecular formula is C28H37ClN2O2. The molecule has 0 atom stereocenters. The Morgan fingerprint density at radius 2 is 1.82 bits per heavy atom. The summed E-state index contributed by atoms with van der Waals surface area (Å²) in [5.41, 5.74) is 4.01. The van der Waals surface area contributed by atoms with Crippen LogP contribution in [0.5, 0.6) is 5.75 Å². The molecule has 0 radical (unpaired) electrons. The molecule has 1 saturated heterocycles. The third-order valence-corrected chi connectivity index (χ3v) is 7.29. The quantitative estimate of drug-likeness (QED) is 0.473. The van der Waals surface area contributed by atoms with Gasteiger partial charge in [0.1, 0.15) is 5.75 Å². The Morgan fingerprint density at radius 1 is 1.06 bits per heavy atom. The molecule has 2 aromatic rings. The summed E-state index contributed by atoms with van der Waals surface area (Å²) in [5, 5.41) is 0.812. The van der Waals surface area contributed by atoms with E-state index in [1.54, 1.807) is 0 Å². The lowest BCUT2D eigenvalue weighted by Gasteiger charge is -2.32. The summed E-state index contributed by atoms with van der Waals surface area (Å²) < 4.78 is 6.11. The fraction of sp³-hybridized carbons (Fsp3) is 0.536. The van der Waals surface area contributed by atoms with Crippen molar-refractivity contribution in [3.63, 3.8) is 0 Å². The van der Waals surface area contributed by atoms with E-state index < -0.39 is 0 Å². The molecule has 2 aliphatic heterocycles. The lowest BCUT2D eigenvalue weighted by Crippen LogP contribution is -2.34. The Hall–Kier alpha value is -2.04. The van der Waals surface area contributed by atoms with Gasteiger partial charge in [0.05, 0.1) is 6.61 Å². The van der Waals surface area contributed by atoms with Crippen LogP contribution < -0.4 is 4.74 Å². The number of benzene rings is 2. The summed E-state index contributed by atoms with van der Waals surface area (Å²) in [6.07, 6.45) is 5.50. The predicted octanol–water partition coefficient (Wildman–Crippen LogP) is 5.92. The zero-order chi connectivity index (χ0) is 23.2. The van der Waals surface area contributed by atoms with Crippen LogP contribution in [0.25, 0.3) is 0 Å². The Bertz CT molecular complexity index is 920. The summed E-state index contributed by atoms with van der Waals surface area (Å²) in [7, 11) is 0. The second-order valence-electron chi connectivity index (χ2n) is 9.82. The molecule has 0 spiro atoms. The van der Waals surface area contributed by atoms with Crippen LogP contribution in [0.1, 0.15) is 62.1 Å². The van der Waals surface area contributed by atoms with Crippen LogP contribution in [0.3, 0.4) is 0 Å². The number of amides is 1. The molecule has 0 saturated carbocycles. The number of fused-ring (bicyclic) bond motifs is 1. The highest BCUT2D eigenvalue weighted by Gasteiger charge is 2.22. The van der Waals surface area contributed by atoms with Crippen LogP contribution in [0.15, 0.2) is 42.5 Å². The van der Waals surface area contributed by atoms with Gasteiger partial charge in [0.25, 0.3) is 0 Å². The molecule has 2 aromatic carbocycles. The normalized spacial score (nSPS) is 17.6. The van der Waals surface area contributed by atoms with Crippen LogP contribution >= 0.6 is 11.6 Å². The average molecular weight is 469 g/mol. The Labute approximate surface area is 203 Å². The molecule has 0 aliphatic carbocycles. The minimum Gasteiger partial charge on any atom is -0.494 e. The van der Waals surface area contributed by atoms with Crippen LogP contribution in [0.2, 0.25) is 5.02 Å². The van der Waals surface area contributed by atoms with Gasteiger partial charge in [0, 0.05) is 30.6 Å². The van der Waals surface area contributed by atoms with E-state index in [2.05, 4.69) is 35.2 Å². The highest BCUT2D eigenvalue weighted by atomic mass is 35.5. The van der Waals surface area contributed by atoms with Gasteiger partial charge in [-0.1, -0.05) is 43.6 Å². The third-order valence-electron chi connectivity index (χ3n) is 7.04. The number of hydrogen-bond acceptors (Lipinski definition) is 3. The van der Waals surface area contributed by atoms with Gasteiger partial charge < -0.3 is 14.5 Å². The molecule has 178 valence electrons. The van der Waals surface area contributed by atoms with Crippen LogP contribution in [-0.4, -0.2) is 48.5 Å². The van der Waals surface area contributed by atoms with Gasteiger partial charge in [-0.3, -0.25) is 4.79 Å². The number of carbonyl (C=O) groups is 1. The highest BCUT2D eigenvalue weighted by Crippen LogP contribution is 2.29. The standard InChI is InChI=1S/C28H37ClN2O2/c1-21(2)28(32)31-15-3-5-22-8-11-27(19-25(22)20-31)33-18-4-14-30-16-12-24(13-17-30)23-6-9-26(29)10-7-23/h6-11,19,21,24H,3-5,12-18,20H2,1-2H3. The first-order chi connectivity index (χ1) is 16.0. The second kappa shape index (κ2) is 11.4. The number of piperidine rings is 1. The van der Waals surface area contributed by atoms with Gasteiger partial charge in [-0.05, 0) is 92.1 Å². The molecule has 0 unspecified atom stereocenters. The van der Waals surface area contributed by atoms with Crippen molar-refractivity contribution in [2.45, 2.75) is 58.4 Å². The Kier molecular flexibility index (Phi) is 8.32. The number of ether oxygens (including phenoxy) is 1. The van der Waals surface area contributed by atoms with Crippen molar-refractivity contribution in [1.29, 1.82) is 0 Å². The monoisotopic (exact) mass is 468 g/mol. The van der Waals surface area contributed by atoms with Crippen molar-refractivity contribution in [2.24, 2.45) is 5.92 Å². The first-order valence-corrected chi connectivity index (χ1v) is 12.9. The summed E-state index contributed by atoms with van der Waals surface area (Å²) in [5.74, 6) is 1.86. The largest absolute Gasteiger partial charge is 0.494 e. The number of halogens is 1. The average Bonchev–Trinajstić information content (AvgIpc) is 3.04. The SMILES string of the molecule is CC(C)C(=O)N1CCCc2ccc(OCCCN3CCC(c4ccc(Cl)cc4)CC3)cc2C1. The van der Waals surface area contributed by atoms with E-state index >= 15 is 0 Å². The topological polar surface area (TPSA) is 32.8 Å². The second-order valence-corrected chi connectivity index (χ2v) is 10.3. The molecule has 1 amide bonds. The van der Waals surface area contributed by atoms with Crippen molar-refractivity contribution in [1.82, 2.24) is 9.80 Å². The minimum atomic E-state index is 0.0437. The fourth-order valence-electron chi connectivity index (χ4n) is 5.08. The van der Waals surface area contributed by atoms with E-state index in [1.807, 2.05) is 30.9 Å². The van der Waals surface area contributed by atoms with Crippen molar-refractivity contribution < 1.29 is 9.53 Å². The summed E-state index contributed by atoms with van der Waals surface area (Å²) in [6, 6.07) is 14.8. The van der Waals surface area contributed by atoms with E-state index in [9.17, 15) is 4.79 Å². The van der Waals surface area contributed by atoms with Gasteiger partial charge in [0.15, 0.2) is 0 Å². The third kappa shape index (κ3) is 6.51. The van der Waals surface area contributed by atoms with Crippen molar-refractivity contribution in [3.05, 3.63) is 64.2 Å². The minimum absolute atomic E-state index is 0.0437. The summed E-state index contributed by atoms with van der Waals surface area (Å²) in [4.78, 5) is 17.1. The van der Waals surface area contributed by atoms with Gasteiger partial charge >= 0.3 is 0 Å².